The van der Waals surface area contributed by atoms with Gasteiger partial charge in [0.2, 0.25) is 0 Å². The van der Waals surface area contributed by atoms with E-state index in [0.717, 1.165) is 32.2 Å². The number of aliphatic hydroxyl groups is 1. The minimum atomic E-state index is -0.0345. The highest BCUT2D eigenvalue weighted by Crippen LogP contribution is 2.19. The predicted molar refractivity (Wildman–Crippen MR) is 55.7 cm³/mol. The van der Waals surface area contributed by atoms with Gasteiger partial charge in [-0.15, -0.1) is 0 Å². The zero-order valence-electron chi connectivity index (χ0n) is 9.14. The van der Waals surface area contributed by atoms with Gasteiger partial charge in [0.05, 0.1) is 6.10 Å². The van der Waals surface area contributed by atoms with Gasteiger partial charge in [0.15, 0.2) is 0 Å². The van der Waals surface area contributed by atoms with Crippen LogP contribution in [-0.2, 0) is 0 Å². The summed E-state index contributed by atoms with van der Waals surface area (Å²) in [5.74, 6) is 0. The highest BCUT2D eigenvalue weighted by molar-refractivity contribution is 4.78. The Morgan fingerprint density at radius 2 is 1.69 bits per heavy atom. The van der Waals surface area contributed by atoms with E-state index >= 15 is 0 Å². The summed E-state index contributed by atoms with van der Waals surface area (Å²) in [6.07, 6.45) is 4.19. The van der Waals surface area contributed by atoms with E-state index in [-0.39, 0.29) is 6.10 Å². The smallest absolute Gasteiger partial charge is 0.0541 e. The van der Waals surface area contributed by atoms with Crippen molar-refractivity contribution in [2.75, 3.05) is 6.54 Å². The van der Waals surface area contributed by atoms with Crippen molar-refractivity contribution in [2.45, 2.75) is 58.6 Å². The zero-order chi connectivity index (χ0) is 9.90. The van der Waals surface area contributed by atoms with Gasteiger partial charge in [0.1, 0.15) is 0 Å². The lowest BCUT2D eigenvalue weighted by Gasteiger charge is -2.29. The van der Waals surface area contributed by atoms with Gasteiger partial charge in [-0.2, -0.15) is 0 Å². The number of rotatable bonds is 2. The molecule has 1 aliphatic rings. The molecule has 0 spiro atoms. The lowest BCUT2D eigenvalue weighted by molar-refractivity contribution is 0.114. The Balaban J connectivity index is 2.16. The Kier molecular flexibility index (Phi) is 3.74. The largest absolute Gasteiger partial charge is 0.393 e. The fourth-order valence-electron chi connectivity index (χ4n) is 1.73. The van der Waals surface area contributed by atoms with Crippen molar-refractivity contribution in [1.82, 2.24) is 5.32 Å². The predicted octanol–water partition coefficient (Wildman–Crippen LogP) is 1.93. The summed E-state index contributed by atoms with van der Waals surface area (Å²) in [7, 11) is 0. The molecule has 0 aromatic rings. The molecule has 0 atom stereocenters. The lowest BCUT2D eigenvalue weighted by Crippen LogP contribution is -2.39. The van der Waals surface area contributed by atoms with Crippen LogP contribution in [0.1, 0.15) is 46.5 Å². The molecular formula is C11H23NO. The molecule has 0 saturated heterocycles. The molecule has 1 rings (SSSR count). The third kappa shape index (κ3) is 4.63. The lowest BCUT2D eigenvalue weighted by atomic mass is 9.91. The molecular weight excluding hydrogens is 162 g/mol. The third-order valence-electron chi connectivity index (χ3n) is 2.62. The molecule has 0 bridgehead atoms. The zero-order valence-corrected chi connectivity index (χ0v) is 9.14. The highest BCUT2D eigenvalue weighted by atomic mass is 16.3. The van der Waals surface area contributed by atoms with E-state index in [4.69, 9.17) is 0 Å². The molecule has 2 nitrogen and oxygen atoms in total. The van der Waals surface area contributed by atoms with Crippen LogP contribution in [0.3, 0.4) is 0 Å². The van der Waals surface area contributed by atoms with Crippen LogP contribution in [0, 0.1) is 5.41 Å². The van der Waals surface area contributed by atoms with Crippen LogP contribution in [0.2, 0.25) is 0 Å². The minimum absolute atomic E-state index is 0.0345. The Labute approximate surface area is 81.7 Å². The molecule has 2 heteroatoms. The molecule has 0 radical (unpaired) electrons. The van der Waals surface area contributed by atoms with Crippen molar-refractivity contribution in [3.63, 3.8) is 0 Å². The van der Waals surface area contributed by atoms with E-state index < -0.39 is 0 Å². The van der Waals surface area contributed by atoms with Gasteiger partial charge < -0.3 is 10.4 Å². The molecule has 0 aromatic carbocycles. The van der Waals surface area contributed by atoms with Crippen LogP contribution in [0.4, 0.5) is 0 Å². The van der Waals surface area contributed by atoms with Gasteiger partial charge in [-0.25, -0.2) is 0 Å². The second-order valence-electron chi connectivity index (χ2n) is 5.45. The number of hydrogen-bond donors (Lipinski definition) is 2. The van der Waals surface area contributed by atoms with E-state index in [2.05, 4.69) is 26.1 Å². The van der Waals surface area contributed by atoms with E-state index in [0.29, 0.717) is 11.5 Å². The average Bonchev–Trinajstić information content (AvgIpc) is 2.02. The van der Waals surface area contributed by atoms with E-state index in [9.17, 15) is 5.11 Å². The first kappa shape index (κ1) is 11.0. The minimum Gasteiger partial charge on any atom is -0.393 e. The van der Waals surface area contributed by atoms with Gasteiger partial charge >= 0.3 is 0 Å². The summed E-state index contributed by atoms with van der Waals surface area (Å²) in [5.41, 5.74) is 0.371. The maximum Gasteiger partial charge on any atom is 0.0541 e. The second-order valence-corrected chi connectivity index (χ2v) is 5.45. The molecule has 2 N–H and O–H groups in total. The maximum atomic E-state index is 9.33. The second kappa shape index (κ2) is 4.43. The SMILES string of the molecule is CC(C)(C)CNC1CCC(O)CC1. The van der Waals surface area contributed by atoms with Gasteiger partial charge in [-0.1, -0.05) is 20.8 Å². The average molecular weight is 185 g/mol. The molecule has 78 valence electrons. The molecule has 13 heavy (non-hydrogen) atoms. The van der Waals surface area contributed by atoms with Crippen molar-refractivity contribution >= 4 is 0 Å². The Morgan fingerprint density at radius 1 is 1.15 bits per heavy atom. The molecule has 0 heterocycles. The number of nitrogens with one attached hydrogen (secondary N) is 1. The molecule has 0 amide bonds. The van der Waals surface area contributed by atoms with E-state index in [1.165, 1.54) is 0 Å². The van der Waals surface area contributed by atoms with Gasteiger partial charge in [0.25, 0.3) is 0 Å². The van der Waals surface area contributed by atoms with Crippen LogP contribution < -0.4 is 5.32 Å². The summed E-state index contributed by atoms with van der Waals surface area (Å²) < 4.78 is 0. The summed E-state index contributed by atoms with van der Waals surface area (Å²) >= 11 is 0. The molecule has 1 fully saturated rings. The summed E-state index contributed by atoms with van der Waals surface area (Å²) in [4.78, 5) is 0. The molecule has 0 aliphatic heterocycles. The first-order valence-corrected chi connectivity index (χ1v) is 5.39. The quantitative estimate of drug-likeness (QED) is 0.689. The Hall–Kier alpha value is -0.0800. The third-order valence-corrected chi connectivity index (χ3v) is 2.62. The maximum absolute atomic E-state index is 9.33. The van der Waals surface area contributed by atoms with E-state index in [1.54, 1.807) is 0 Å². The topological polar surface area (TPSA) is 32.3 Å². The summed E-state index contributed by atoms with van der Waals surface area (Å²) in [6, 6.07) is 0.641. The fourth-order valence-corrected chi connectivity index (χ4v) is 1.73. The Morgan fingerprint density at radius 3 is 2.15 bits per heavy atom. The first-order valence-electron chi connectivity index (χ1n) is 5.39. The van der Waals surface area contributed by atoms with Crippen LogP contribution in [0.25, 0.3) is 0 Å². The van der Waals surface area contributed by atoms with Gasteiger partial charge in [0, 0.05) is 12.6 Å². The molecule has 0 aromatic heterocycles. The normalized spacial score (nSPS) is 30.5. The van der Waals surface area contributed by atoms with E-state index in [1.807, 2.05) is 0 Å². The van der Waals surface area contributed by atoms with Crippen molar-refractivity contribution < 1.29 is 5.11 Å². The van der Waals surface area contributed by atoms with Gasteiger partial charge in [-0.3, -0.25) is 0 Å². The highest BCUT2D eigenvalue weighted by Gasteiger charge is 2.20. The van der Waals surface area contributed by atoms with Crippen LogP contribution in [0.15, 0.2) is 0 Å². The molecule has 0 unspecified atom stereocenters. The number of hydrogen-bond acceptors (Lipinski definition) is 2. The monoisotopic (exact) mass is 185 g/mol. The standard InChI is InChI=1S/C11H23NO/c1-11(2,3)8-12-9-4-6-10(13)7-5-9/h9-10,12-13H,4-8H2,1-3H3. The Bertz CT molecular complexity index is 143. The number of aliphatic hydroxyl groups excluding tert-OH is 1. The van der Waals surface area contributed by atoms with Crippen molar-refractivity contribution in [3.05, 3.63) is 0 Å². The van der Waals surface area contributed by atoms with Crippen molar-refractivity contribution in [2.24, 2.45) is 5.41 Å². The van der Waals surface area contributed by atoms with Gasteiger partial charge in [-0.05, 0) is 31.1 Å². The van der Waals surface area contributed by atoms with Crippen LogP contribution >= 0.6 is 0 Å². The first-order chi connectivity index (χ1) is 5.97. The summed E-state index contributed by atoms with van der Waals surface area (Å²) in [5, 5.41) is 12.9. The van der Waals surface area contributed by atoms with Crippen LogP contribution in [-0.4, -0.2) is 23.8 Å². The fraction of sp³-hybridized carbons (Fsp3) is 1.00. The van der Waals surface area contributed by atoms with Crippen molar-refractivity contribution in [1.29, 1.82) is 0 Å². The van der Waals surface area contributed by atoms with Crippen molar-refractivity contribution in [3.8, 4) is 0 Å². The molecule has 1 aliphatic carbocycles. The summed E-state index contributed by atoms with van der Waals surface area (Å²) in [6.45, 7) is 7.82. The molecule has 1 saturated carbocycles. The van der Waals surface area contributed by atoms with Crippen LogP contribution in [0.5, 0.6) is 0 Å².